The van der Waals surface area contributed by atoms with Gasteiger partial charge in [-0.25, -0.2) is 4.79 Å². The maximum Gasteiger partial charge on any atom is 0.335 e. The zero-order valence-electron chi connectivity index (χ0n) is 7.25. The van der Waals surface area contributed by atoms with Gasteiger partial charge in [-0.3, -0.25) is 0 Å². The van der Waals surface area contributed by atoms with E-state index in [-0.39, 0.29) is 0 Å². The molecule has 0 spiro atoms. The second kappa shape index (κ2) is 4.60. The third-order valence-electron chi connectivity index (χ3n) is 1.09. The Labute approximate surface area is 66.4 Å². The van der Waals surface area contributed by atoms with E-state index < -0.39 is 5.97 Å². The molecule has 0 aliphatic heterocycles. The Hall–Kier alpha value is -1.19. The summed E-state index contributed by atoms with van der Waals surface area (Å²) in [4.78, 5) is 12.4. The summed E-state index contributed by atoms with van der Waals surface area (Å²) in [6.45, 7) is 0. The number of esters is 1. The predicted octanol–water partition coefficient (Wildman–Crippen LogP) is 0.209. The summed E-state index contributed by atoms with van der Waals surface area (Å²) in [6.07, 6.45) is 1.28. The molecule has 0 aliphatic carbocycles. The van der Waals surface area contributed by atoms with Crippen LogP contribution in [0.25, 0.3) is 0 Å². The average Bonchev–Trinajstić information content (AvgIpc) is 1.99. The van der Waals surface area contributed by atoms with Crippen molar-refractivity contribution in [2.75, 3.05) is 28.3 Å². The molecule has 0 N–H and O–H groups in total. The third-order valence-corrected chi connectivity index (χ3v) is 1.09. The van der Waals surface area contributed by atoms with Crippen molar-refractivity contribution in [1.29, 1.82) is 0 Å². The average molecular weight is 159 g/mol. The van der Waals surface area contributed by atoms with Gasteiger partial charge in [-0.15, -0.1) is 0 Å². The van der Waals surface area contributed by atoms with Crippen molar-refractivity contribution in [2.24, 2.45) is 0 Å². The number of rotatable bonds is 3. The molecule has 0 unspecified atom stereocenters. The quantitative estimate of drug-likeness (QED) is 0.335. The van der Waals surface area contributed by atoms with Crippen LogP contribution < -0.4 is 0 Å². The summed E-state index contributed by atoms with van der Waals surface area (Å²) >= 11 is 0. The van der Waals surface area contributed by atoms with Gasteiger partial charge in [0.25, 0.3) is 0 Å². The van der Waals surface area contributed by atoms with Crippen LogP contribution in [0, 0.1) is 0 Å². The molecule has 0 amide bonds. The van der Waals surface area contributed by atoms with Crippen LogP contribution in [0.3, 0.4) is 0 Å². The fourth-order valence-corrected chi connectivity index (χ4v) is 0.530. The molecule has 0 rings (SSSR count). The van der Waals surface area contributed by atoms with Gasteiger partial charge in [0, 0.05) is 14.1 Å². The van der Waals surface area contributed by atoms with Gasteiger partial charge in [0.2, 0.25) is 0 Å². The van der Waals surface area contributed by atoms with Crippen LogP contribution in [-0.4, -0.2) is 39.2 Å². The van der Waals surface area contributed by atoms with E-state index in [1.807, 2.05) is 0 Å². The van der Waals surface area contributed by atoms with E-state index in [1.165, 1.54) is 20.3 Å². The zero-order valence-corrected chi connectivity index (χ0v) is 7.25. The van der Waals surface area contributed by atoms with Gasteiger partial charge >= 0.3 is 5.97 Å². The van der Waals surface area contributed by atoms with Gasteiger partial charge < -0.3 is 14.4 Å². The number of methoxy groups -OCH3 is 2. The summed E-state index contributed by atoms with van der Waals surface area (Å²) in [5.41, 5.74) is 0. The lowest BCUT2D eigenvalue weighted by Crippen LogP contribution is -2.14. The van der Waals surface area contributed by atoms with Gasteiger partial charge in [-0.1, -0.05) is 0 Å². The number of hydrogen-bond acceptors (Lipinski definition) is 4. The van der Waals surface area contributed by atoms with Gasteiger partial charge in [-0.05, 0) is 0 Å². The minimum atomic E-state index is -0.421. The molecule has 0 aromatic carbocycles. The van der Waals surface area contributed by atoms with E-state index in [0.717, 1.165) is 0 Å². The highest BCUT2D eigenvalue weighted by atomic mass is 16.5. The second-order valence-corrected chi connectivity index (χ2v) is 2.10. The van der Waals surface area contributed by atoms with Crippen LogP contribution in [0.2, 0.25) is 0 Å². The van der Waals surface area contributed by atoms with Crippen molar-refractivity contribution in [3.8, 4) is 0 Å². The molecule has 0 heterocycles. The molecule has 64 valence electrons. The molecular formula is C7H13NO3. The van der Waals surface area contributed by atoms with Gasteiger partial charge in [0.15, 0.2) is 5.88 Å². The lowest BCUT2D eigenvalue weighted by atomic mass is 10.5. The Morgan fingerprint density at radius 2 is 1.82 bits per heavy atom. The molecule has 0 aromatic heterocycles. The maximum absolute atomic E-state index is 10.7. The highest BCUT2D eigenvalue weighted by molar-refractivity contribution is 5.82. The number of carbonyl (C=O) groups is 1. The molecule has 0 aromatic rings. The predicted molar refractivity (Wildman–Crippen MR) is 40.8 cm³/mol. The smallest absolute Gasteiger partial charge is 0.335 e. The molecule has 0 aliphatic rings. The first-order valence-corrected chi connectivity index (χ1v) is 3.12. The van der Waals surface area contributed by atoms with Crippen molar-refractivity contribution in [3.63, 3.8) is 0 Å². The van der Waals surface area contributed by atoms with Crippen molar-refractivity contribution < 1.29 is 14.3 Å². The lowest BCUT2D eigenvalue weighted by molar-refractivity contribution is -0.135. The van der Waals surface area contributed by atoms with Gasteiger partial charge in [0.1, 0.15) is 0 Å². The van der Waals surface area contributed by atoms with E-state index >= 15 is 0 Å². The molecule has 0 fully saturated rings. The fourth-order valence-electron chi connectivity index (χ4n) is 0.530. The summed E-state index contributed by atoms with van der Waals surface area (Å²) in [5, 5.41) is 0. The van der Waals surface area contributed by atoms with Gasteiger partial charge in [0.05, 0.1) is 20.3 Å². The monoisotopic (exact) mass is 159 g/mol. The van der Waals surface area contributed by atoms with Crippen molar-refractivity contribution >= 4 is 5.97 Å². The van der Waals surface area contributed by atoms with E-state index in [4.69, 9.17) is 4.74 Å². The first kappa shape index (κ1) is 9.81. The summed E-state index contributed by atoms with van der Waals surface area (Å²) in [7, 11) is 6.37. The number of nitrogens with zero attached hydrogens (tertiary/aromatic N) is 1. The lowest BCUT2D eigenvalue weighted by Gasteiger charge is -2.14. The molecule has 0 bridgehead atoms. The van der Waals surface area contributed by atoms with Crippen molar-refractivity contribution in [2.45, 2.75) is 0 Å². The first-order chi connectivity index (χ1) is 5.11. The van der Waals surface area contributed by atoms with E-state index in [2.05, 4.69) is 4.74 Å². The largest absolute Gasteiger partial charge is 0.482 e. The van der Waals surface area contributed by atoms with Crippen molar-refractivity contribution in [3.05, 3.63) is 12.0 Å². The zero-order chi connectivity index (χ0) is 8.85. The Kier molecular flexibility index (Phi) is 4.10. The van der Waals surface area contributed by atoms with Crippen LogP contribution in [0.1, 0.15) is 0 Å². The van der Waals surface area contributed by atoms with Crippen LogP contribution in [0.15, 0.2) is 12.0 Å². The first-order valence-electron chi connectivity index (χ1n) is 3.12. The second-order valence-electron chi connectivity index (χ2n) is 2.10. The highest BCUT2D eigenvalue weighted by Crippen LogP contribution is 1.98. The topological polar surface area (TPSA) is 38.8 Å². The number of ether oxygens (including phenoxy) is 2. The van der Waals surface area contributed by atoms with Crippen molar-refractivity contribution in [1.82, 2.24) is 4.90 Å². The fraction of sp³-hybridized carbons (Fsp3) is 0.571. The van der Waals surface area contributed by atoms with E-state index in [9.17, 15) is 4.79 Å². The number of carbonyl (C=O) groups excluding carboxylic acids is 1. The third kappa shape index (κ3) is 3.50. The molecular weight excluding hydrogens is 146 g/mol. The Bertz CT molecular complexity index is 163. The SMILES string of the molecule is COC(=O)/C=C(\OC)N(C)C. The summed E-state index contributed by atoms with van der Waals surface area (Å²) in [6, 6.07) is 0. The highest BCUT2D eigenvalue weighted by Gasteiger charge is 2.02. The Morgan fingerprint density at radius 1 is 1.27 bits per heavy atom. The molecule has 0 saturated carbocycles. The van der Waals surface area contributed by atoms with E-state index in [1.54, 1.807) is 19.0 Å². The van der Waals surface area contributed by atoms with Gasteiger partial charge in [-0.2, -0.15) is 0 Å². The summed E-state index contributed by atoms with van der Waals surface area (Å²) < 4.78 is 9.28. The molecule has 11 heavy (non-hydrogen) atoms. The standard InChI is InChI=1S/C7H13NO3/c1-8(2)6(10-3)5-7(9)11-4/h5H,1-4H3/b6-5-. The minimum absolute atomic E-state index is 0.421. The van der Waals surface area contributed by atoms with Crippen LogP contribution in [-0.2, 0) is 14.3 Å². The van der Waals surface area contributed by atoms with E-state index in [0.29, 0.717) is 5.88 Å². The minimum Gasteiger partial charge on any atom is -0.482 e. The molecule has 0 radical (unpaired) electrons. The normalized spacial score (nSPS) is 10.7. The number of hydrogen-bond donors (Lipinski definition) is 0. The molecule has 4 nitrogen and oxygen atoms in total. The van der Waals surface area contributed by atoms with Crippen LogP contribution in [0.5, 0.6) is 0 Å². The Balaban J connectivity index is 4.23. The molecule has 0 saturated heterocycles. The molecule has 4 heteroatoms. The molecule has 0 atom stereocenters. The van der Waals surface area contributed by atoms with Crippen LogP contribution >= 0.6 is 0 Å². The maximum atomic E-state index is 10.7. The summed E-state index contributed by atoms with van der Waals surface area (Å²) in [5.74, 6) is 0.0485. The Morgan fingerprint density at radius 3 is 2.09 bits per heavy atom. The van der Waals surface area contributed by atoms with Crippen LogP contribution in [0.4, 0.5) is 0 Å².